The fourth-order valence-electron chi connectivity index (χ4n) is 1.34. The molecule has 1 atom stereocenters. The molecular weight excluding hydrogens is 257 g/mol. The van der Waals surface area contributed by atoms with Crippen molar-refractivity contribution in [1.82, 2.24) is 4.72 Å². The van der Waals surface area contributed by atoms with E-state index in [9.17, 15) is 12.8 Å². The molecule has 0 saturated heterocycles. The number of ether oxygens (including phenoxy) is 1. The first kappa shape index (κ1) is 14.9. The summed E-state index contributed by atoms with van der Waals surface area (Å²) in [5.41, 5.74) is 0. The van der Waals surface area contributed by atoms with Crippen LogP contribution >= 0.6 is 0 Å². The zero-order valence-corrected chi connectivity index (χ0v) is 11.6. The summed E-state index contributed by atoms with van der Waals surface area (Å²) in [5.74, 6) is -0.621. The summed E-state index contributed by atoms with van der Waals surface area (Å²) >= 11 is 0. The van der Waals surface area contributed by atoms with Gasteiger partial charge in [0, 0.05) is 6.04 Å². The van der Waals surface area contributed by atoms with E-state index in [1.54, 1.807) is 13.8 Å². The topological polar surface area (TPSA) is 55.4 Å². The van der Waals surface area contributed by atoms with Gasteiger partial charge in [-0.3, -0.25) is 0 Å². The van der Waals surface area contributed by atoms with Crippen molar-refractivity contribution in [3.8, 4) is 5.75 Å². The smallest absolute Gasteiger partial charge is 0.240 e. The van der Waals surface area contributed by atoms with Crippen LogP contribution in [0.5, 0.6) is 5.75 Å². The number of benzene rings is 1. The van der Waals surface area contributed by atoms with Crippen molar-refractivity contribution in [1.29, 1.82) is 0 Å². The minimum atomic E-state index is -3.67. The third-order valence-electron chi connectivity index (χ3n) is 2.48. The van der Waals surface area contributed by atoms with Gasteiger partial charge in [0.25, 0.3) is 0 Å². The van der Waals surface area contributed by atoms with Gasteiger partial charge in [-0.15, -0.1) is 0 Å². The highest BCUT2D eigenvalue weighted by Crippen LogP contribution is 2.21. The average Bonchev–Trinajstić information content (AvgIpc) is 2.31. The Hall–Kier alpha value is -1.14. The van der Waals surface area contributed by atoms with Gasteiger partial charge in [-0.2, -0.15) is 0 Å². The van der Waals surface area contributed by atoms with E-state index < -0.39 is 15.8 Å². The maximum absolute atomic E-state index is 13.6. The quantitative estimate of drug-likeness (QED) is 0.866. The van der Waals surface area contributed by atoms with E-state index in [-0.39, 0.29) is 16.7 Å². The molecule has 0 bridgehead atoms. The fraction of sp³-hybridized carbons (Fsp3) is 0.500. The Labute approximate surface area is 107 Å². The highest BCUT2D eigenvalue weighted by Gasteiger charge is 2.18. The second-order valence-electron chi connectivity index (χ2n) is 3.96. The molecule has 0 amide bonds. The highest BCUT2D eigenvalue weighted by atomic mass is 32.2. The van der Waals surface area contributed by atoms with Crippen molar-refractivity contribution in [2.75, 3.05) is 6.61 Å². The number of rotatable bonds is 6. The summed E-state index contributed by atoms with van der Waals surface area (Å²) in [6.07, 6.45) is 0.665. The Balaban J connectivity index is 3.00. The number of hydrogen-bond donors (Lipinski definition) is 1. The predicted octanol–water partition coefficient (Wildman–Crippen LogP) is 2.30. The molecule has 0 fully saturated rings. The van der Waals surface area contributed by atoms with Crippen molar-refractivity contribution in [2.45, 2.75) is 38.1 Å². The molecule has 0 aromatic heterocycles. The van der Waals surface area contributed by atoms with Crippen LogP contribution in [-0.2, 0) is 10.0 Å². The van der Waals surface area contributed by atoms with Gasteiger partial charge in [0.1, 0.15) is 0 Å². The van der Waals surface area contributed by atoms with Crippen LogP contribution in [0.2, 0.25) is 0 Å². The minimum absolute atomic E-state index is 0.0555. The zero-order valence-electron chi connectivity index (χ0n) is 10.7. The molecule has 4 nitrogen and oxygen atoms in total. The van der Waals surface area contributed by atoms with Gasteiger partial charge in [-0.1, -0.05) is 6.92 Å². The van der Waals surface area contributed by atoms with E-state index in [1.807, 2.05) is 6.92 Å². The Bertz CT molecular complexity index is 502. The van der Waals surface area contributed by atoms with Crippen LogP contribution in [-0.4, -0.2) is 21.1 Å². The Morgan fingerprint density at radius 2 is 2.06 bits per heavy atom. The van der Waals surface area contributed by atoms with Gasteiger partial charge >= 0.3 is 0 Å². The lowest BCUT2D eigenvalue weighted by molar-refractivity contribution is 0.321. The first-order valence-electron chi connectivity index (χ1n) is 5.85. The van der Waals surface area contributed by atoms with Gasteiger partial charge in [0.05, 0.1) is 11.5 Å². The number of halogens is 1. The fourth-order valence-corrected chi connectivity index (χ4v) is 2.68. The lowest BCUT2D eigenvalue weighted by atomic mass is 10.3. The van der Waals surface area contributed by atoms with Crippen molar-refractivity contribution >= 4 is 10.0 Å². The second kappa shape index (κ2) is 6.15. The van der Waals surface area contributed by atoms with Crippen molar-refractivity contribution in [3.05, 3.63) is 24.0 Å². The summed E-state index contributed by atoms with van der Waals surface area (Å²) < 4.78 is 44.9. The van der Waals surface area contributed by atoms with Crippen LogP contribution in [0.4, 0.5) is 4.39 Å². The van der Waals surface area contributed by atoms with Crippen LogP contribution in [0.15, 0.2) is 23.1 Å². The van der Waals surface area contributed by atoms with Crippen molar-refractivity contribution < 1.29 is 17.5 Å². The molecule has 1 rings (SSSR count). The predicted molar refractivity (Wildman–Crippen MR) is 67.6 cm³/mol. The van der Waals surface area contributed by atoms with Gasteiger partial charge < -0.3 is 4.74 Å². The molecule has 1 N–H and O–H groups in total. The second-order valence-corrected chi connectivity index (χ2v) is 5.67. The summed E-state index contributed by atoms with van der Waals surface area (Å²) in [4.78, 5) is -0.0937. The van der Waals surface area contributed by atoms with Crippen molar-refractivity contribution in [3.63, 3.8) is 0 Å². The van der Waals surface area contributed by atoms with E-state index in [0.717, 1.165) is 6.07 Å². The molecule has 0 aliphatic rings. The molecule has 102 valence electrons. The largest absolute Gasteiger partial charge is 0.491 e. The maximum atomic E-state index is 13.6. The molecule has 1 unspecified atom stereocenters. The number of sulfonamides is 1. The summed E-state index contributed by atoms with van der Waals surface area (Å²) in [7, 11) is -3.67. The lowest BCUT2D eigenvalue weighted by Gasteiger charge is -2.12. The van der Waals surface area contributed by atoms with Crippen LogP contribution < -0.4 is 9.46 Å². The number of hydrogen-bond acceptors (Lipinski definition) is 3. The third kappa shape index (κ3) is 3.68. The van der Waals surface area contributed by atoms with Crippen molar-refractivity contribution in [2.24, 2.45) is 0 Å². The third-order valence-corrected chi connectivity index (χ3v) is 4.07. The normalized spacial score (nSPS) is 13.3. The van der Waals surface area contributed by atoms with Crippen LogP contribution in [0.3, 0.4) is 0 Å². The maximum Gasteiger partial charge on any atom is 0.240 e. The molecular formula is C12H18FNO3S. The Kier molecular flexibility index (Phi) is 5.10. The summed E-state index contributed by atoms with van der Waals surface area (Å²) in [6.45, 7) is 5.68. The average molecular weight is 275 g/mol. The molecule has 0 saturated carbocycles. The van der Waals surface area contributed by atoms with Gasteiger partial charge in [-0.25, -0.2) is 17.5 Å². The van der Waals surface area contributed by atoms with Crippen LogP contribution in [0, 0.1) is 5.82 Å². The van der Waals surface area contributed by atoms with E-state index >= 15 is 0 Å². The molecule has 0 aliphatic carbocycles. The van der Waals surface area contributed by atoms with Gasteiger partial charge in [0.15, 0.2) is 11.6 Å². The van der Waals surface area contributed by atoms with Crippen LogP contribution in [0.25, 0.3) is 0 Å². The first-order valence-corrected chi connectivity index (χ1v) is 7.33. The molecule has 1 aromatic carbocycles. The van der Waals surface area contributed by atoms with Crippen LogP contribution in [0.1, 0.15) is 27.2 Å². The van der Waals surface area contributed by atoms with Gasteiger partial charge in [-0.05, 0) is 38.5 Å². The summed E-state index contributed by atoms with van der Waals surface area (Å²) in [5, 5.41) is 0. The van der Waals surface area contributed by atoms with E-state index in [0.29, 0.717) is 13.0 Å². The zero-order chi connectivity index (χ0) is 13.8. The minimum Gasteiger partial charge on any atom is -0.491 e. The standard InChI is InChI=1S/C12H18FNO3S/c1-4-9(3)14-18(15,16)10-6-7-12(17-5-2)11(13)8-10/h6-9,14H,4-5H2,1-3H3. The molecule has 18 heavy (non-hydrogen) atoms. The first-order chi connectivity index (χ1) is 8.40. The van der Waals surface area contributed by atoms with E-state index in [2.05, 4.69) is 4.72 Å². The van der Waals surface area contributed by atoms with Gasteiger partial charge in [0.2, 0.25) is 10.0 Å². The SMILES string of the molecule is CCOc1ccc(S(=O)(=O)NC(C)CC)cc1F. The Morgan fingerprint density at radius 1 is 1.39 bits per heavy atom. The van der Waals surface area contributed by atoms with E-state index in [1.165, 1.54) is 12.1 Å². The monoisotopic (exact) mass is 275 g/mol. The molecule has 1 aromatic rings. The van der Waals surface area contributed by atoms with E-state index in [4.69, 9.17) is 4.74 Å². The Morgan fingerprint density at radius 3 is 2.56 bits per heavy atom. The molecule has 0 heterocycles. The summed E-state index contributed by atoms with van der Waals surface area (Å²) in [6, 6.07) is 3.43. The highest BCUT2D eigenvalue weighted by molar-refractivity contribution is 7.89. The number of nitrogens with one attached hydrogen (secondary N) is 1. The molecule has 6 heteroatoms. The molecule has 0 radical (unpaired) electrons. The molecule has 0 spiro atoms. The lowest BCUT2D eigenvalue weighted by Crippen LogP contribution is -2.32. The molecule has 0 aliphatic heterocycles.